The molecule has 0 aliphatic heterocycles. The van der Waals surface area contributed by atoms with Crippen LogP contribution >= 0.6 is 0 Å². The van der Waals surface area contributed by atoms with Crippen LogP contribution in [0.3, 0.4) is 0 Å². The zero-order valence-corrected chi connectivity index (χ0v) is 16.6. The van der Waals surface area contributed by atoms with Crippen molar-refractivity contribution in [3.8, 4) is 0 Å². The molecule has 0 spiro atoms. The van der Waals surface area contributed by atoms with Crippen molar-refractivity contribution < 1.29 is 19.1 Å². The Bertz CT molecular complexity index is 598. The average Bonchev–Trinajstić information content (AvgIpc) is 2.59. The van der Waals surface area contributed by atoms with E-state index in [2.05, 4.69) is 10.6 Å². The Morgan fingerprint density at radius 3 is 2.56 bits per heavy atom. The number of carbonyl (C=O) groups excluding carboxylic acids is 2. The maximum Gasteiger partial charge on any atom is 0.407 e. The van der Waals surface area contributed by atoms with Gasteiger partial charge in [0.2, 0.25) is 0 Å². The van der Waals surface area contributed by atoms with Crippen molar-refractivity contribution in [1.82, 2.24) is 10.6 Å². The van der Waals surface area contributed by atoms with Gasteiger partial charge in [0.1, 0.15) is 12.2 Å². The third-order valence-electron chi connectivity index (χ3n) is 4.54. The summed E-state index contributed by atoms with van der Waals surface area (Å²) in [6, 6.07) is 9.76. The fraction of sp³-hybridized carbons (Fsp3) is 0.619. The highest BCUT2D eigenvalue weighted by Crippen LogP contribution is 2.26. The molecular weight excluding hydrogens is 344 g/mol. The van der Waals surface area contributed by atoms with Crippen LogP contribution in [0, 0.1) is 5.92 Å². The molecule has 2 amide bonds. The van der Waals surface area contributed by atoms with Crippen molar-refractivity contribution in [2.24, 2.45) is 5.92 Å². The van der Waals surface area contributed by atoms with E-state index in [1.165, 1.54) is 0 Å². The van der Waals surface area contributed by atoms with Gasteiger partial charge in [0.25, 0.3) is 0 Å². The van der Waals surface area contributed by atoms with Gasteiger partial charge in [-0.15, -0.1) is 0 Å². The molecule has 1 aromatic carbocycles. The quantitative estimate of drug-likeness (QED) is 0.772. The van der Waals surface area contributed by atoms with E-state index < -0.39 is 11.7 Å². The second-order valence-electron chi connectivity index (χ2n) is 8.15. The van der Waals surface area contributed by atoms with Crippen molar-refractivity contribution >= 4 is 12.2 Å². The number of alkyl carbamates (subject to hydrolysis) is 2. The van der Waals surface area contributed by atoms with Gasteiger partial charge in [0.15, 0.2) is 0 Å². The number of hydrogen-bond acceptors (Lipinski definition) is 4. The Morgan fingerprint density at radius 2 is 1.85 bits per heavy atom. The standard InChI is InChI=1S/C21H32N2O4/c1-21(2,3)27-20(25)23-18-11-7-10-16(14-18)12-13-22-19(24)26-15-17-8-5-4-6-9-17/h4-6,8-9,16,18H,7,10-15H2,1-3H3,(H,22,24)(H,23,25). The first-order chi connectivity index (χ1) is 12.8. The summed E-state index contributed by atoms with van der Waals surface area (Å²) in [5.74, 6) is 0.480. The molecule has 2 atom stereocenters. The Hall–Kier alpha value is -2.24. The Morgan fingerprint density at radius 1 is 1.11 bits per heavy atom. The van der Waals surface area contributed by atoms with Crippen LogP contribution in [-0.2, 0) is 16.1 Å². The van der Waals surface area contributed by atoms with Crippen LogP contribution in [0.4, 0.5) is 9.59 Å². The normalized spacial score (nSPS) is 19.8. The van der Waals surface area contributed by atoms with E-state index in [-0.39, 0.29) is 18.7 Å². The van der Waals surface area contributed by atoms with Crippen molar-refractivity contribution in [3.05, 3.63) is 35.9 Å². The van der Waals surface area contributed by atoms with Crippen LogP contribution in [0.15, 0.2) is 30.3 Å². The van der Waals surface area contributed by atoms with Gasteiger partial charge in [-0.05, 0) is 51.5 Å². The second kappa shape index (κ2) is 10.2. The Balaban J connectivity index is 1.62. The number of hydrogen-bond donors (Lipinski definition) is 2. The fourth-order valence-corrected chi connectivity index (χ4v) is 3.31. The van der Waals surface area contributed by atoms with E-state index in [0.29, 0.717) is 12.5 Å². The van der Waals surface area contributed by atoms with Gasteiger partial charge < -0.3 is 20.1 Å². The number of nitrogens with one attached hydrogen (secondary N) is 2. The predicted molar refractivity (Wildman–Crippen MR) is 104 cm³/mol. The summed E-state index contributed by atoms with van der Waals surface area (Å²) in [6.07, 6.45) is 4.22. The van der Waals surface area contributed by atoms with E-state index in [4.69, 9.17) is 9.47 Å². The molecular formula is C21H32N2O4. The molecule has 27 heavy (non-hydrogen) atoms. The number of rotatable bonds is 6. The van der Waals surface area contributed by atoms with Gasteiger partial charge >= 0.3 is 12.2 Å². The van der Waals surface area contributed by atoms with Crippen molar-refractivity contribution in [2.45, 2.75) is 71.1 Å². The number of carbonyl (C=O) groups is 2. The molecule has 6 nitrogen and oxygen atoms in total. The molecule has 2 N–H and O–H groups in total. The molecule has 0 saturated heterocycles. The number of benzene rings is 1. The molecule has 1 aromatic rings. The molecule has 2 unspecified atom stereocenters. The zero-order valence-electron chi connectivity index (χ0n) is 16.6. The average molecular weight is 376 g/mol. The van der Waals surface area contributed by atoms with Gasteiger partial charge in [0.05, 0.1) is 0 Å². The summed E-state index contributed by atoms with van der Waals surface area (Å²) in [5.41, 5.74) is 0.485. The van der Waals surface area contributed by atoms with E-state index >= 15 is 0 Å². The van der Waals surface area contributed by atoms with E-state index in [1.807, 2.05) is 51.1 Å². The smallest absolute Gasteiger partial charge is 0.407 e. The molecule has 1 saturated carbocycles. The topological polar surface area (TPSA) is 76.7 Å². The van der Waals surface area contributed by atoms with Gasteiger partial charge in [-0.2, -0.15) is 0 Å². The van der Waals surface area contributed by atoms with Gasteiger partial charge in [-0.1, -0.05) is 43.2 Å². The summed E-state index contributed by atoms with van der Waals surface area (Å²) >= 11 is 0. The summed E-state index contributed by atoms with van der Waals surface area (Å²) in [6.45, 7) is 6.44. The number of amides is 2. The van der Waals surface area contributed by atoms with Gasteiger partial charge in [-0.25, -0.2) is 9.59 Å². The summed E-state index contributed by atoms with van der Waals surface area (Å²) in [4.78, 5) is 23.7. The maximum atomic E-state index is 11.9. The third kappa shape index (κ3) is 8.80. The molecule has 6 heteroatoms. The summed E-state index contributed by atoms with van der Waals surface area (Å²) < 4.78 is 10.5. The van der Waals surface area contributed by atoms with Crippen molar-refractivity contribution in [3.63, 3.8) is 0 Å². The van der Waals surface area contributed by atoms with Crippen molar-refractivity contribution in [2.75, 3.05) is 6.54 Å². The van der Waals surface area contributed by atoms with Crippen LogP contribution in [0.2, 0.25) is 0 Å². The molecule has 1 fully saturated rings. The maximum absolute atomic E-state index is 11.9. The lowest BCUT2D eigenvalue weighted by Crippen LogP contribution is -2.41. The number of ether oxygens (including phenoxy) is 2. The SMILES string of the molecule is CC(C)(C)OC(=O)NC1CCCC(CCNC(=O)OCc2ccccc2)C1. The van der Waals surface area contributed by atoms with Gasteiger partial charge in [-0.3, -0.25) is 0 Å². The second-order valence-corrected chi connectivity index (χ2v) is 8.15. The lowest BCUT2D eigenvalue weighted by molar-refractivity contribution is 0.0484. The molecule has 1 aliphatic carbocycles. The lowest BCUT2D eigenvalue weighted by Gasteiger charge is -2.30. The summed E-state index contributed by atoms with van der Waals surface area (Å²) in [7, 11) is 0. The largest absolute Gasteiger partial charge is 0.445 e. The lowest BCUT2D eigenvalue weighted by atomic mass is 9.84. The van der Waals surface area contributed by atoms with Crippen LogP contribution in [0.1, 0.15) is 58.4 Å². The molecule has 2 rings (SSSR count). The fourth-order valence-electron chi connectivity index (χ4n) is 3.31. The predicted octanol–water partition coefficient (Wildman–Crippen LogP) is 4.39. The first-order valence-electron chi connectivity index (χ1n) is 9.76. The molecule has 0 radical (unpaired) electrons. The minimum atomic E-state index is -0.484. The van der Waals surface area contributed by atoms with Gasteiger partial charge in [0, 0.05) is 12.6 Å². The Labute approximate surface area is 162 Å². The minimum absolute atomic E-state index is 0.142. The van der Waals surface area contributed by atoms with Crippen LogP contribution in [-0.4, -0.2) is 30.4 Å². The third-order valence-corrected chi connectivity index (χ3v) is 4.54. The molecule has 150 valence electrons. The molecule has 0 heterocycles. The van der Waals surface area contributed by atoms with E-state index in [0.717, 1.165) is 37.7 Å². The first kappa shape index (κ1) is 21.1. The van der Waals surface area contributed by atoms with E-state index in [1.54, 1.807) is 0 Å². The Kier molecular flexibility index (Phi) is 7.95. The highest BCUT2D eigenvalue weighted by atomic mass is 16.6. The molecule has 0 bridgehead atoms. The van der Waals surface area contributed by atoms with E-state index in [9.17, 15) is 9.59 Å². The highest BCUT2D eigenvalue weighted by Gasteiger charge is 2.25. The van der Waals surface area contributed by atoms with Crippen LogP contribution < -0.4 is 10.6 Å². The van der Waals surface area contributed by atoms with Crippen molar-refractivity contribution in [1.29, 1.82) is 0 Å². The first-order valence-corrected chi connectivity index (χ1v) is 9.76. The summed E-state index contributed by atoms with van der Waals surface area (Å²) in [5, 5.41) is 5.78. The highest BCUT2D eigenvalue weighted by molar-refractivity contribution is 5.68. The zero-order chi connectivity index (χ0) is 19.7. The molecule has 1 aliphatic rings. The van der Waals surface area contributed by atoms with Crippen LogP contribution in [0.25, 0.3) is 0 Å². The monoisotopic (exact) mass is 376 g/mol. The minimum Gasteiger partial charge on any atom is -0.445 e. The van der Waals surface area contributed by atoms with Crippen LogP contribution in [0.5, 0.6) is 0 Å². The molecule has 0 aromatic heterocycles.